The van der Waals surface area contributed by atoms with Crippen LogP contribution in [0.5, 0.6) is 0 Å². The third kappa shape index (κ3) is 8.01. The van der Waals surface area contributed by atoms with Crippen LogP contribution in [0.1, 0.15) is 40.0 Å². The van der Waals surface area contributed by atoms with Crippen molar-refractivity contribution in [2.24, 2.45) is 11.3 Å². The van der Waals surface area contributed by atoms with Crippen molar-refractivity contribution in [3.63, 3.8) is 0 Å². The normalized spacial score (nSPS) is 15.6. The number of hydrogen-bond acceptors (Lipinski definition) is 4. The topological polar surface area (TPSA) is 44.8 Å². The third-order valence-corrected chi connectivity index (χ3v) is 3.20. The summed E-state index contributed by atoms with van der Waals surface area (Å²) in [6, 6.07) is 0. The molecule has 19 heavy (non-hydrogen) atoms. The van der Waals surface area contributed by atoms with E-state index in [2.05, 4.69) is 13.5 Å². The van der Waals surface area contributed by atoms with E-state index in [1.807, 2.05) is 19.9 Å². The fourth-order valence-electron chi connectivity index (χ4n) is 1.81. The van der Waals surface area contributed by atoms with Gasteiger partial charge in [0.2, 0.25) is 0 Å². The van der Waals surface area contributed by atoms with Gasteiger partial charge < -0.3 is 14.2 Å². The molecule has 0 fully saturated rings. The van der Waals surface area contributed by atoms with Gasteiger partial charge in [0, 0.05) is 12.5 Å². The quantitative estimate of drug-likeness (QED) is 0.251. The zero-order valence-electron chi connectivity index (χ0n) is 12.7. The maximum atomic E-state index is 11.5. The third-order valence-electron chi connectivity index (χ3n) is 3.20. The Bertz CT molecular complexity index is 265. The number of hydrogen-bond donors (Lipinski definition) is 0. The van der Waals surface area contributed by atoms with Gasteiger partial charge in [-0.1, -0.05) is 26.3 Å². The summed E-state index contributed by atoms with van der Waals surface area (Å²) in [6.07, 6.45) is 4.62. The second-order valence-corrected chi connectivity index (χ2v) is 5.16. The van der Waals surface area contributed by atoms with Crippen LogP contribution in [0.15, 0.2) is 12.7 Å². The smallest absolute Gasteiger partial charge is 0.308 e. The molecule has 112 valence electrons. The van der Waals surface area contributed by atoms with Gasteiger partial charge in [-0.05, 0) is 19.8 Å². The summed E-state index contributed by atoms with van der Waals surface area (Å²) in [7, 11) is 1.60. The molecule has 4 nitrogen and oxygen atoms in total. The van der Waals surface area contributed by atoms with Crippen molar-refractivity contribution in [2.75, 3.05) is 27.1 Å². The van der Waals surface area contributed by atoms with Gasteiger partial charge in [0.15, 0.2) is 0 Å². The largest absolute Gasteiger partial charge is 0.466 e. The number of esters is 1. The highest BCUT2D eigenvalue weighted by molar-refractivity contribution is 5.71. The first-order chi connectivity index (χ1) is 8.99. The molecule has 0 radical (unpaired) electrons. The van der Waals surface area contributed by atoms with Crippen LogP contribution in [0.25, 0.3) is 0 Å². The van der Waals surface area contributed by atoms with Crippen LogP contribution >= 0.6 is 0 Å². The van der Waals surface area contributed by atoms with E-state index in [1.165, 1.54) is 0 Å². The lowest BCUT2D eigenvalue weighted by molar-refractivity contribution is -0.147. The maximum absolute atomic E-state index is 11.5. The first-order valence-corrected chi connectivity index (χ1v) is 6.86. The molecule has 0 aromatic carbocycles. The van der Waals surface area contributed by atoms with E-state index in [0.29, 0.717) is 20.0 Å². The summed E-state index contributed by atoms with van der Waals surface area (Å²) in [4.78, 5) is 11.5. The number of ether oxygens (including phenoxy) is 3. The molecular formula is C15H28O4. The van der Waals surface area contributed by atoms with Gasteiger partial charge in [0.1, 0.15) is 6.79 Å². The minimum Gasteiger partial charge on any atom is -0.466 e. The fraction of sp³-hybridized carbons (Fsp3) is 0.800. The second-order valence-electron chi connectivity index (χ2n) is 5.16. The highest BCUT2D eigenvalue weighted by atomic mass is 16.7. The summed E-state index contributed by atoms with van der Waals surface area (Å²) in [6.45, 7) is 11.0. The van der Waals surface area contributed by atoms with Crippen LogP contribution in [0.4, 0.5) is 0 Å². The lowest BCUT2D eigenvalue weighted by Gasteiger charge is -2.25. The molecule has 0 aromatic heterocycles. The average molecular weight is 272 g/mol. The van der Waals surface area contributed by atoms with E-state index in [0.717, 1.165) is 19.3 Å². The van der Waals surface area contributed by atoms with E-state index in [1.54, 1.807) is 7.11 Å². The van der Waals surface area contributed by atoms with Crippen molar-refractivity contribution in [1.29, 1.82) is 0 Å². The summed E-state index contributed by atoms with van der Waals surface area (Å²) in [5.41, 5.74) is -0.0765. The van der Waals surface area contributed by atoms with E-state index in [9.17, 15) is 4.79 Å². The molecule has 0 aromatic rings. The van der Waals surface area contributed by atoms with Crippen LogP contribution < -0.4 is 0 Å². The Kier molecular flexibility index (Phi) is 9.53. The zero-order valence-corrected chi connectivity index (χ0v) is 12.7. The standard InChI is InChI=1S/C15H28O4/c1-6-15(4,11-18-12-17-5)10-8-9-13(3)14(16)19-7-2/h6,13H,1,7-12H2,2-5H3/t13?,15-/m1/s1. The molecule has 0 aliphatic carbocycles. The SMILES string of the molecule is C=C[C@](C)(CCCC(C)C(=O)OCC)COCOC. The van der Waals surface area contributed by atoms with Gasteiger partial charge in [-0.25, -0.2) is 0 Å². The van der Waals surface area contributed by atoms with E-state index in [-0.39, 0.29) is 17.3 Å². The van der Waals surface area contributed by atoms with E-state index in [4.69, 9.17) is 14.2 Å². The number of rotatable bonds is 11. The van der Waals surface area contributed by atoms with Crippen LogP contribution in [0.2, 0.25) is 0 Å². The Morgan fingerprint density at radius 2 is 2.16 bits per heavy atom. The Labute approximate surface area is 117 Å². The molecule has 0 bridgehead atoms. The highest BCUT2D eigenvalue weighted by Gasteiger charge is 2.22. The Hall–Kier alpha value is -0.870. The van der Waals surface area contributed by atoms with Gasteiger partial charge in [-0.15, -0.1) is 6.58 Å². The molecular weight excluding hydrogens is 244 g/mol. The maximum Gasteiger partial charge on any atom is 0.308 e. The summed E-state index contributed by atoms with van der Waals surface area (Å²) in [5, 5.41) is 0. The molecule has 0 aliphatic rings. The lowest BCUT2D eigenvalue weighted by atomic mass is 9.85. The Morgan fingerprint density at radius 3 is 2.68 bits per heavy atom. The second kappa shape index (κ2) is 9.98. The van der Waals surface area contributed by atoms with Gasteiger partial charge in [-0.2, -0.15) is 0 Å². The van der Waals surface area contributed by atoms with Crippen LogP contribution in [-0.2, 0) is 19.0 Å². The summed E-state index contributed by atoms with van der Waals surface area (Å²) in [5.74, 6) is -0.160. The molecule has 0 rings (SSSR count). The molecule has 4 heteroatoms. The minimum atomic E-state index is -0.113. The van der Waals surface area contributed by atoms with Crippen molar-refractivity contribution < 1.29 is 19.0 Å². The zero-order chi connectivity index (χ0) is 14.7. The van der Waals surface area contributed by atoms with Crippen molar-refractivity contribution in [3.05, 3.63) is 12.7 Å². The van der Waals surface area contributed by atoms with Crippen molar-refractivity contribution in [1.82, 2.24) is 0 Å². The number of methoxy groups -OCH3 is 1. The van der Waals surface area contributed by atoms with Crippen molar-refractivity contribution in [3.8, 4) is 0 Å². The molecule has 0 amide bonds. The first kappa shape index (κ1) is 18.1. The summed E-state index contributed by atoms with van der Waals surface area (Å²) < 4.78 is 15.3. The molecule has 0 saturated carbocycles. The van der Waals surface area contributed by atoms with Crippen LogP contribution in [0, 0.1) is 11.3 Å². The fourth-order valence-corrected chi connectivity index (χ4v) is 1.81. The lowest BCUT2D eigenvalue weighted by Crippen LogP contribution is -2.22. The van der Waals surface area contributed by atoms with Crippen molar-refractivity contribution in [2.45, 2.75) is 40.0 Å². The van der Waals surface area contributed by atoms with Gasteiger partial charge in [0.25, 0.3) is 0 Å². The molecule has 0 heterocycles. The van der Waals surface area contributed by atoms with Crippen LogP contribution in [-0.4, -0.2) is 33.1 Å². The van der Waals surface area contributed by atoms with Gasteiger partial charge >= 0.3 is 5.97 Å². The van der Waals surface area contributed by atoms with Gasteiger partial charge in [0.05, 0.1) is 19.1 Å². The predicted molar refractivity (Wildman–Crippen MR) is 75.8 cm³/mol. The molecule has 2 atom stereocenters. The van der Waals surface area contributed by atoms with E-state index < -0.39 is 0 Å². The van der Waals surface area contributed by atoms with Crippen LogP contribution in [0.3, 0.4) is 0 Å². The predicted octanol–water partition coefficient (Wildman–Crippen LogP) is 3.17. The van der Waals surface area contributed by atoms with Crippen molar-refractivity contribution >= 4 is 5.97 Å². The molecule has 0 N–H and O–H groups in total. The molecule has 0 saturated heterocycles. The number of carbonyl (C=O) groups excluding carboxylic acids is 1. The Balaban J connectivity index is 3.99. The minimum absolute atomic E-state index is 0.0473. The Morgan fingerprint density at radius 1 is 1.47 bits per heavy atom. The highest BCUT2D eigenvalue weighted by Crippen LogP contribution is 2.27. The molecule has 0 aliphatic heterocycles. The molecule has 0 spiro atoms. The average Bonchev–Trinajstić information content (AvgIpc) is 2.39. The van der Waals surface area contributed by atoms with E-state index >= 15 is 0 Å². The monoisotopic (exact) mass is 272 g/mol. The summed E-state index contributed by atoms with van der Waals surface area (Å²) >= 11 is 0. The first-order valence-electron chi connectivity index (χ1n) is 6.86. The molecule has 1 unspecified atom stereocenters. The number of carbonyl (C=O) groups is 1. The van der Waals surface area contributed by atoms with Gasteiger partial charge in [-0.3, -0.25) is 4.79 Å².